The smallest absolute Gasteiger partial charge is 0.744 e. The summed E-state index contributed by atoms with van der Waals surface area (Å²) >= 11 is 0. The maximum absolute atomic E-state index is 13.1. The third-order valence-electron chi connectivity index (χ3n) is 6.34. The van der Waals surface area contributed by atoms with Gasteiger partial charge in [0.1, 0.15) is 20.2 Å². The van der Waals surface area contributed by atoms with Crippen LogP contribution in [-0.4, -0.2) is 66.3 Å². The van der Waals surface area contributed by atoms with Crippen LogP contribution in [-0.2, 0) is 29.8 Å². The molecule has 19 heteroatoms. The number of hydrogen-bond acceptors (Lipinski definition) is 13. The molecule has 0 fully saturated rings. The molecule has 15 nitrogen and oxygen atoms in total. The van der Waals surface area contributed by atoms with Crippen molar-refractivity contribution in [2.24, 2.45) is 10.2 Å². The number of ketones is 1. The number of amides is 4. The fourth-order valence-corrected chi connectivity index (χ4v) is 5.35. The largest absolute Gasteiger partial charge is 1.00 e. The summed E-state index contributed by atoms with van der Waals surface area (Å²) in [5.74, 6) is -5.37. The summed E-state index contributed by atoms with van der Waals surface area (Å²) in [5.41, 5.74) is 0.467. The van der Waals surface area contributed by atoms with Gasteiger partial charge < -0.3 is 14.4 Å². The Balaban J connectivity index is 0.00000368. The summed E-state index contributed by atoms with van der Waals surface area (Å²) in [4.78, 5) is 61.6. The Morgan fingerprint density at radius 3 is 1.89 bits per heavy atom. The molecule has 0 aliphatic carbocycles. The number of aryl methyl sites for hydroxylation is 2. The molecule has 0 radical (unpaired) electrons. The summed E-state index contributed by atoms with van der Waals surface area (Å²) in [7, 11) is -10.7. The van der Waals surface area contributed by atoms with E-state index in [4.69, 9.17) is 0 Å². The molecule has 0 spiro atoms. The molecule has 1 heterocycles. The van der Waals surface area contributed by atoms with Crippen molar-refractivity contribution >= 4 is 61.0 Å². The summed E-state index contributed by atoms with van der Waals surface area (Å²) in [6.45, 7) is 4.75. The molecule has 3 aromatic rings. The van der Waals surface area contributed by atoms with Gasteiger partial charge >= 0.3 is 59.1 Å². The van der Waals surface area contributed by atoms with E-state index >= 15 is 0 Å². The SMILES string of the molecule is CC(=O)C(N=Nc1ccc2c(c1)C(=O)N(C(=O)c1cc(S(=O)(=O)[O-])cc(S(=O)(=O)[O-])c1)C2=O)C(=O)Nc1ccc(C)cc1C.[Na+].[Na+]. The molecule has 1 aliphatic rings. The Kier molecular flexibility index (Phi) is 12.7. The number of rotatable bonds is 8. The molecule has 0 saturated heterocycles. The molecule has 1 N–H and O–H groups in total. The van der Waals surface area contributed by atoms with Crippen LogP contribution in [0.4, 0.5) is 11.4 Å². The first kappa shape index (κ1) is 39.2. The Hall–Kier alpha value is -2.97. The van der Waals surface area contributed by atoms with Crippen molar-refractivity contribution in [2.75, 3.05) is 5.32 Å². The van der Waals surface area contributed by atoms with Gasteiger partial charge in [0.05, 0.1) is 26.6 Å². The molecule has 0 aromatic heterocycles. The number of fused-ring (bicyclic) bond motifs is 1. The number of Topliss-reactive ketones (excluding diaryl/α,β-unsaturated/α-hetero) is 1. The Labute approximate surface area is 306 Å². The monoisotopic (exact) mass is 686 g/mol. The van der Waals surface area contributed by atoms with Crippen molar-refractivity contribution < 1.29 is 109 Å². The molecule has 1 atom stereocenters. The number of nitrogens with zero attached hydrogens (tertiary/aromatic N) is 3. The number of hydrogen-bond donors (Lipinski definition) is 1. The summed E-state index contributed by atoms with van der Waals surface area (Å²) in [6, 6.07) is 8.10. The van der Waals surface area contributed by atoms with Gasteiger partial charge in [-0.15, -0.1) is 0 Å². The van der Waals surface area contributed by atoms with Crippen molar-refractivity contribution in [2.45, 2.75) is 36.6 Å². The summed E-state index contributed by atoms with van der Waals surface area (Å²) in [6.07, 6.45) is 0. The molecule has 0 saturated carbocycles. The van der Waals surface area contributed by atoms with Gasteiger partial charge in [-0.05, 0) is 68.8 Å². The van der Waals surface area contributed by atoms with Crippen molar-refractivity contribution in [3.63, 3.8) is 0 Å². The first-order valence-corrected chi connectivity index (χ1v) is 15.1. The minimum Gasteiger partial charge on any atom is -0.744 e. The number of carbonyl (C=O) groups excluding carboxylic acids is 5. The van der Waals surface area contributed by atoms with E-state index in [-0.39, 0.29) is 86.9 Å². The van der Waals surface area contributed by atoms with Crippen LogP contribution in [0.25, 0.3) is 0 Å². The third kappa shape index (κ3) is 8.48. The van der Waals surface area contributed by atoms with Crippen LogP contribution in [0.5, 0.6) is 0 Å². The van der Waals surface area contributed by atoms with Gasteiger partial charge in [0.15, 0.2) is 5.78 Å². The number of carbonyl (C=O) groups is 5. The standard InChI is InChI=1S/C27H22N4O11S2.2Na/c1-13-4-7-22(14(2)8-13)28-24(33)23(15(3)32)30-29-17-5-6-20-21(11-17)27(36)31(26(20)35)25(34)16-9-18(43(37,38)39)12-19(10-16)44(40,41)42;;/h4-12,23H,1-3H3,(H,28,33)(H,37,38,39)(H,40,41,42);;/q;2*+1/p-2. The zero-order valence-electron chi connectivity index (χ0n) is 24.9. The van der Waals surface area contributed by atoms with Crippen molar-refractivity contribution in [3.05, 3.63) is 82.4 Å². The number of imide groups is 3. The summed E-state index contributed by atoms with van der Waals surface area (Å²) < 4.78 is 68.9. The van der Waals surface area contributed by atoms with E-state index in [9.17, 15) is 49.9 Å². The normalized spacial score (nSPS) is 13.5. The van der Waals surface area contributed by atoms with Crippen molar-refractivity contribution in [1.82, 2.24) is 4.90 Å². The van der Waals surface area contributed by atoms with Gasteiger partial charge in [-0.2, -0.15) is 10.2 Å². The maximum atomic E-state index is 13.1. The van der Waals surface area contributed by atoms with Gasteiger partial charge in [0, 0.05) is 11.3 Å². The van der Waals surface area contributed by atoms with E-state index in [1.807, 2.05) is 13.0 Å². The minimum atomic E-state index is -5.37. The molecule has 0 bridgehead atoms. The van der Waals surface area contributed by atoms with Crippen molar-refractivity contribution in [1.29, 1.82) is 0 Å². The van der Waals surface area contributed by atoms with E-state index in [1.54, 1.807) is 19.1 Å². The maximum Gasteiger partial charge on any atom is 1.00 e. The third-order valence-corrected chi connectivity index (χ3v) is 7.97. The van der Waals surface area contributed by atoms with E-state index in [0.717, 1.165) is 30.2 Å². The first-order chi connectivity index (χ1) is 20.4. The Morgan fingerprint density at radius 2 is 1.37 bits per heavy atom. The average molecular weight is 687 g/mol. The molecule has 1 aliphatic heterocycles. The quantitative estimate of drug-likeness (QED) is 0.0793. The van der Waals surface area contributed by atoms with Gasteiger partial charge in [0.25, 0.3) is 23.6 Å². The second kappa shape index (κ2) is 14.8. The topological polar surface area (TPSA) is 240 Å². The molecule has 4 rings (SSSR count). The number of benzene rings is 3. The average Bonchev–Trinajstić information content (AvgIpc) is 3.17. The second-order valence-electron chi connectivity index (χ2n) is 9.62. The molecule has 228 valence electrons. The van der Waals surface area contributed by atoms with Gasteiger partial charge in [-0.3, -0.25) is 24.0 Å². The fourth-order valence-electron chi connectivity index (χ4n) is 4.19. The Morgan fingerprint density at radius 1 is 0.804 bits per heavy atom. The van der Waals surface area contributed by atoms with Gasteiger partial charge in [-0.25, -0.2) is 21.7 Å². The van der Waals surface area contributed by atoms with E-state index in [0.29, 0.717) is 17.8 Å². The van der Waals surface area contributed by atoms with Gasteiger partial charge in [-0.1, -0.05) is 17.7 Å². The predicted octanol–water partition coefficient (Wildman–Crippen LogP) is -3.76. The first-order valence-electron chi connectivity index (χ1n) is 12.3. The predicted molar refractivity (Wildman–Crippen MR) is 147 cm³/mol. The van der Waals surface area contributed by atoms with Crippen LogP contribution in [0.3, 0.4) is 0 Å². The minimum absolute atomic E-state index is 0. The number of nitrogens with one attached hydrogen (secondary N) is 1. The fraction of sp³-hybridized carbons (Fsp3) is 0.148. The second-order valence-corrected chi connectivity index (χ2v) is 12.4. The molecule has 46 heavy (non-hydrogen) atoms. The van der Waals surface area contributed by atoms with E-state index < -0.39 is 71.0 Å². The van der Waals surface area contributed by atoms with Crippen LogP contribution in [0.15, 0.2) is 74.6 Å². The Bertz CT molecular complexity index is 2000. The van der Waals surface area contributed by atoms with E-state index in [2.05, 4.69) is 15.5 Å². The zero-order chi connectivity index (χ0) is 32.7. The molecular formula is C27H20N4Na2O11S2. The van der Waals surface area contributed by atoms with Crippen molar-refractivity contribution in [3.8, 4) is 0 Å². The van der Waals surface area contributed by atoms with Crippen LogP contribution in [0.2, 0.25) is 0 Å². The summed E-state index contributed by atoms with van der Waals surface area (Å²) in [5, 5.41) is 10.2. The van der Waals surface area contributed by atoms with Gasteiger partial charge in [0.2, 0.25) is 6.04 Å². The van der Waals surface area contributed by atoms with Crippen LogP contribution in [0, 0.1) is 13.8 Å². The van der Waals surface area contributed by atoms with Crippen LogP contribution in [0.1, 0.15) is 49.1 Å². The molecule has 4 amide bonds. The molecular weight excluding hydrogens is 666 g/mol. The van der Waals surface area contributed by atoms with E-state index in [1.165, 1.54) is 6.07 Å². The van der Waals surface area contributed by atoms with Crippen LogP contribution < -0.4 is 64.4 Å². The molecule has 1 unspecified atom stereocenters. The zero-order valence-corrected chi connectivity index (χ0v) is 30.6. The number of anilines is 1. The number of azo groups is 1. The van der Waals surface area contributed by atoms with Crippen LogP contribution >= 0.6 is 0 Å². The molecule has 3 aromatic carbocycles.